The second-order valence-electron chi connectivity index (χ2n) is 5.31. The number of hydrogen-bond acceptors (Lipinski definition) is 3. The van der Waals surface area contributed by atoms with Gasteiger partial charge in [-0.15, -0.1) is 0 Å². The fourth-order valence-electron chi connectivity index (χ4n) is 2.43. The Bertz CT molecular complexity index is 533. The molecule has 1 fully saturated rings. The van der Waals surface area contributed by atoms with E-state index in [1.807, 2.05) is 30.3 Å². The first-order chi connectivity index (χ1) is 10.4. The lowest BCUT2D eigenvalue weighted by Crippen LogP contribution is -2.16. The summed E-state index contributed by atoms with van der Waals surface area (Å²) in [6.45, 7) is 2.35. The summed E-state index contributed by atoms with van der Waals surface area (Å²) in [6, 6.07) is 18.5. The van der Waals surface area contributed by atoms with Gasteiger partial charge in [-0.05, 0) is 42.7 Å². The lowest BCUT2D eigenvalue weighted by atomic mass is 10.2. The Morgan fingerprint density at radius 2 is 1.86 bits per heavy atom. The Kier molecular flexibility index (Phi) is 4.74. The summed E-state index contributed by atoms with van der Waals surface area (Å²) in [5, 5.41) is 3.41. The first-order valence-corrected chi connectivity index (χ1v) is 7.52. The number of nitrogens with one attached hydrogen (secondary N) is 1. The number of hydrogen-bond donors (Lipinski definition) is 1. The summed E-state index contributed by atoms with van der Waals surface area (Å²) in [5.41, 5.74) is 2.37. The Morgan fingerprint density at radius 1 is 1.05 bits per heavy atom. The van der Waals surface area contributed by atoms with Crippen molar-refractivity contribution in [2.75, 3.05) is 18.5 Å². The van der Waals surface area contributed by atoms with E-state index >= 15 is 0 Å². The topological polar surface area (TPSA) is 30.5 Å². The third-order valence-corrected chi connectivity index (χ3v) is 3.65. The van der Waals surface area contributed by atoms with Crippen molar-refractivity contribution in [1.82, 2.24) is 0 Å². The largest absolute Gasteiger partial charge is 0.491 e. The van der Waals surface area contributed by atoms with Crippen LogP contribution in [-0.2, 0) is 11.3 Å². The fourth-order valence-corrected chi connectivity index (χ4v) is 2.43. The van der Waals surface area contributed by atoms with Crippen molar-refractivity contribution in [1.29, 1.82) is 0 Å². The van der Waals surface area contributed by atoms with Crippen LogP contribution in [-0.4, -0.2) is 19.3 Å². The van der Waals surface area contributed by atoms with Gasteiger partial charge in [-0.3, -0.25) is 0 Å². The molecule has 3 nitrogen and oxygen atoms in total. The average molecular weight is 283 g/mol. The molecule has 21 heavy (non-hydrogen) atoms. The molecule has 2 aromatic rings. The van der Waals surface area contributed by atoms with E-state index in [4.69, 9.17) is 9.47 Å². The zero-order chi connectivity index (χ0) is 14.3. The third kappa shape index (κ3) is 4.23. The number of ether oxygens (including phenoxy) is 2. The van der Waals surface area contributed by atoms with Crippen LogP contribution in [0.3, 0.4) is 0 Å². The van der Waals surface area contributed by atoms with Gasteiger partial charge in [0.2, 0.25) is 0 Å². The highest BCUT2D eigenvalue weighted by Crippen LogP contribution is 2.18. The van der Waals surface area contributed by atoms with Gasteiger partial charge in [0.25, 0.3) is 0 Å². The van der Waals surface area contributed by atoms with E-state index in [0.29, 0.717) is 6.61 Å². The third-order valence-electron chi connectivity index (χ3n) is 3.65. The number of anilines is 1. The molecule has 1 aliphatic rings. The molecule has 3 heteroatoms. The predicted octanol–water partition coefficient (Wildman–Crippen LogP) is 3.86. The molecule has 0 saturated carbocycles. The molecule has 1 atom stereocenters. The second kappa shape index (κ2) is 7.14. The summed E-state index contributed by atoms with van der Waals surface area (Å²) in [5.74, 6) is 0.899. The predicted molar refractivity (Wildman–Crippen MR) is 84.7 cm³/mol. The lowest BCUT2D eigenvalue weighted by molar-refractivity contribution is 0.0679. The van der Waals surface area contributed by atoms with E-state index in [9.17, 15) is 0 Å². The number of rotatable bonds is 6. The van der Waals surface area contributed by atoms with Crippen LogP contribution in [0.5, 0.6) is 5.75 Å². The maximum Gasteiger partial charge on any atom is 0.119 e. The van der Waals surface area contributed by atoms with E-state index in [1.165, 1.54) is 5.56 Å². The van der Waals surface area contributed by atoms with Crippen molar-refractivity contribution < 1.29 is 9.47 Å². The molecule has 0 aliphatic carbocycles. The van der Waals surface area contributed by atoms with Gasteiger partial charge in [-0.1, -0.05) is 30.3 Å². The van der Waals surface area contributed by atoms with Crippen molar-refractivity contribution in [3.63, 3.8) is 0 Å². The molecule has 110 valence electrons. The normalized spacial score (nSPS) is 17.6. The van der Waals surface area contributed by atoms with Gasteiger partial charge in [0, 0.05) is 18.8 Å². The van der Waals surface area contributed by atoms with Gasteiger partial charge in [0.1, 0.15) is 12.4 Å². The minimum atomic E-state index is 0.265. The van der Waals surface area contributed by atoms with Gasteiger partial charge in [-0.2, -0.15) is 0 Å². The van der Waals surface area contributed by atoms with Crippen molar-refractivity contribution in [3.8, 4) is 5.75 Å². The smallest absolute Gasteiger partial charge is 0.119 e. The van der Waals surface area contributed by atoms with Crippen molar-refractivity contribution >= 4 is 5.69 Å². The molecule has 0 radical (unpaired) electrons. The van der Waals surface area contributed by atoms with Crippen LogP contribution < -0.4 is 10.1 Å². The van der Waals surface area contributed by atoms with Crippen LogP contribution in [0, 0.1) is 0 Å². The summed E-state index contributed by atoms with van der Waals surface area (Å²) >= 11 is 0. The highest BCUT2D eigenvalue weighted by atomic mass is 16.5. The molecule has 0 bridgehead atoms. The van der Waals surface area contributed by atoms with Crippen LogP contribution in [0.25, 0.3) is 0 Å². The molecule has 1 saturated heterocycles. The van der Waals surface area contributed by atoms with Crippen LogP contribution in [0.4, 0.5) is 5.69 Å². The molecule has 0 spiro atoms. The molecule has 2 aromatic carbocycles. The Labute approximate surface area is 125 Å². The van der Waals surface area contributed by atoms with Crippen LogP contribution in [0.15, 0.2) is 54.6 Å². The highest BCUT2D eigenvalue weighted by molar-refractivity contribution is 5.46. The van der Waals surface area contributed by atoms with E-state index in [1.54, 1.807) is 0 Å². The first kappa shape index (κ1) is 14.0. The highest BCUT2D eigenvalue weighted by Gasteiger charge is 2.15. The summed E-state index contributed by atoms with van der Waals surface area (Å²) in [6.07, 6.45) is 2.52. The van der Waals surface area contributed by atoms with E-state index in [0.717, 1.165) is 37.4 Å². The van der Waals surface area contributed by atoms with E-state index in [2.05, 4.69) is 29.6 Å². The number of benzene rings is 2. The summed E-state index contributed by atoms with van der Waals surface area (Å²) < 4.78 is 11.3. The van der Waals surface area contributed by atoms with Crippen molar-refractivity contribution in [2.24, 2.45) is 0 Å². The molecule has 1 heterocycles. The quantitative estimate of drug-likeness (QED) is 0.873. The average Bonchev–Trinajstić information content (AvgIpc) is 3.06. The fraction of sp³-hybridized carbons (Fsp3) is 0.333. The summed E-state index contributed by atoms with van der Waals surface area (Å²) in [4.78, 5) is 0. The minimum absolute atomic E-state index is 0.265. The Morgan fingerprint density at radius 3 is 2.57 bits per heavy atom. The summed E-state index contributed by atoms with van der Waals surface area (Å²) in [7, 11) is 0. The minimum Gasteiger partial charge on any atom is -0.491 e. The van der Waals surface area contributed by atoms with Crippen LogP contribution in [0.2, 0.25) is 0 Å². The van der Waals surface area contributed by atoms with Crippen LogP contribution >= 0.6 is 0 Å². The zero-order valence-electron chi connectivity index (χ0n) is 12.1. The molecule has 3 rings (SSSR count). The molecular formula is C18H21NO2. The maximum atomic E-state index is 5.75. The SMILES string of the molecule is c1ccc(CNc2ccc(OCC3CCCO3)cc2)cc1. The lowest BCUT2D eigenvalue weighted by Gasteiger charge is -2.12. The first-order valence-electron chi connectivity index (χ1n) is 7.52. The second-order valence-corrected chi connectivity index (χ2v) is 5.31. The molecular weight excluding hydrogens is 262 g/mol. The molecule has 1 N–H and O–H groups in total. The van der Waals surface area contributed by atoms with Crippen molar-refractivity contribution in [3.05, 3.63) is 60.2 Å². The standard InChI is InChI=1S/C18H21NO2/c1-2-5-15(6-3-1)13-19-16-8-10-17(11-9-16)21-14-18-7-4-12-20-18/h1-3,5-6,8-11,18-19H,4,7,12-14H2. The van der Waals surface area contributed by atoms with E-state index < -0.39 is 0 Å². The van der Waals surface area contributed by atoms with E-state index in [-0.39, 0.29) is 6.10 Å². The van der Waals surface area contributed by atoms with Gasteiger partial charge < -0.3 is 14.8 Å². The van der Waals surface area contributed by atoms with Crippen molar-refractivity contribution in [2.45, 2.75) is 25.5 Å². The van der Waals surface area contributed by atoms with Gasteiger partial charge in [0.15, 0.2) is 0 Å². The monoisotopic (exact) mass is 283 g/mol. The Balaban J connectivity index is 1.47. The molecule has 0 aromatic heterocycles. The van der Waals surface area contributed by atoms with Gasteiger partial charge in [0.05, 0.1) is 6.10 Å². The maximum absolute atomic E-state index is 5.75. The van der Waals surface area contributed by atoms with Crippen LogP contribution in [0.1, 0.15) is 18.4 Å². The molecule has 1 aliphatic heterocycles. The van der Waals surface area contributed by atoms with Gasteiger partial charge in [-0.25, -0.2) is 0 Å². The zero-order valence-corrected chi connectivity index (χ0v) is 12.1. The molecule has 0 amide bonds. The Hall–Kier alpha value is -2.00. The molecule has 1 unspecified atom stereocenters. The van der Waals surface area contributed by atoms with Gasteiger partial charge >= 0.3 is 0 Å².